The monoisotopic (exact) mass is 406 g/mol. The molecule has 0 amide bonds. The molecule has 0 atom stereocenters. The Morgan fingerprint density at radius 2 is 1.62 bits per heavy atom. The van der Waals surface area contributed by atoms with Crippen molar-refractivity contribution in [3.05, 3.63) is 65.2 Å². The fraction of sp³-hybridized carbons (Fsp3) is 0.294. The molecule has 0 aliphatic rings. The number of sulfonamides is 1. The van der Waals surface area contributed by atoms with Gasteiger partial charge in [0, 0.05) is 13.1 Å². The molecule has 9 heteroatoms. The summed E-state index contributed by atoms with van der Waals surface area (Å²) in [5.74, 6) is 0.0301. The minimum atomic E-state index is -3.34. The molecule has 0 radical (unpaired) electrons. The van der Waals surface area contributed by atoms with Crippen molar-refractivity contribution in [2.45, 2.75) is 25.5 Å². The van der Waals surface area contributed by atoms with Crippen LogP contribution in [0.3, 0.4) is 0 Å². The highest BCUT2D eigenvalue weighted by Crippen LogP contribution is 2.15. The predicted molar refractivity (Wildman–Crippen MR) is 99.0 cm³/mol. The van der Waals surface area contributed by atoms with Crippen molar-refractivity contribution in [3.63, 3.8) is 0 Å². The van der Waals surface area contributed by atoms with Crippen LogP contribution in [0.1, 0.15) is 16.7 Å². The minimum absolute atomic E-state index is 0. The minimum Gasteiger partial charge on any atom is -0.435 e. The van der Waals surface area contributed by atoms with Gasteiger partial charge in [0.1, 0.15) is 5.75 Å². The highest BCUT2D eigenvalue weighted by Gasteiger charge is 2.11. The highest BCUT2D eigenvalue weighted by atomic mass is 35.5. The average Bonchev–Trinajstić information content (AvgIpc) is 2.57. The van der Waals surface area contributed by atoms with E-state index < -0.39 is 16.6 Å². The van der Waals surface area contributed by atoms with Gasteiger partial charge in [-0.25, -0.2) is 13.1 Å². The van der Waals surface area contributed by atoms with Gasteiger partial charge in [0.2, 0.25) is 10.0 Å². The molecule has 0 aliphatic carbocycles. The molecular weight excluding hydrogens is 386 g/mol. The van der Waals surface area contributed by atoms with E-state index in [4.69, 9.17) is 0 Å². The molecule has 5 nitrogen and oxygen atoms in total. The van der Waals surface area contributed by atoms with E-state index in [-0.39, 0.29) is 23.9 Å². The Morgan fingerprint density at radius 3 is 2.19 bits per heavy atom. The first-order valence-corrected chi connectivity index (χ1v) is 9.27. The van der Waals surface area contributed by atoms with Gasteiger partial charge in [0.25, 0.3) is 0 Å². The van der Waals surface area contributed by atoms with Gasteiger partial charge in [-0.1, -0.05) is 36.4 Å². The second kappa shape index (κ2) is 10.4. The number of halogens is 3. The number of hydrogen-bond donors (Lipinski definition) is 2. The molecule has 2 rings (SSSR count). The first-order chi connectivity index (χ1) is 11.9. The van der Waals surface area contributed by atoms with Crippen LogP contribution in [0.15, 0.2) is 48.5 Å². The zero-order valence-corrected chi connectivity index (χ0v) is 15.7. The molecule has 0 bridgehead atoms. The van der Waals surface area contributed by atoms with Crippen molar-refractivity contribution in [1.82, 2.24) is 10.0 Å². The quantitative estimate of drug-likeness (QED) is 0.671. The largest absolute Gasteiger partial charge is 0.435 e. The molecule has 0 aliphatic heterocycles. The van der Waals surface area contributed by atoms with E-state index in [1.165, 1.54) is 19.2 Å². The summed E-state index contributed by atoms with van der Waals surface area (Å²) in [4.78, 5) is 0. The van der Waals surface area contributed by atoms with E-state index in [1.54, 1.807) is 24.3 Å². The Labute approximate surface area is 158 Å². The number of nitrogens with one attached hydrogen (secondary N) is 2. The van der Waals surface area contributed by atoms with E-state index >= 15 is 0 Å². The number of alkyl halides is 2. The lowest BCUT2D eigenvalue weighted by atomic mass is 10.1. The molecule has 144 valence electrons. The molecule has 0 heterocycles. The van der Waals surface area contributed by atoms with Gasteiger partial charge in [-0.15, -0.1) is 12.4 Å². The molecule has 2 N–H and O–H groups in total. The standard InChI is InChI=1S/C17H20F2N2O3S.ClH/c1-20-25(22,23)12-15-5-3-2-4-14(15)11-21-10-13-6-8-16(9-7-13)24-17(18)19;/h2-9,17,20-21H,10-12H2,1H3;1H. The first-order valence-electron chi connectivity index (χ1n) is 7.62. The van der Waals surface area contributed by atoms with Crippen molar-refractivity contribution in [3.8, 4) is 5.75 Å². The summed E-state index contributed by atoms with van der Waals surface area (Å²) in [6.45, 7) is -1.83. The van der Waals surface area contributed by atoms with Gasteiger partial charge in [0.05, 0.1) is 5.75 Å². The van der Waals surface area contributed by atoms with Crippen LogP contribution in [0.4, 0.5) is 8.78 Å². The third-order valence-electron chi connectivity index (χ3n) is 3.57. The SMILES string of the molecule is CNS(=O)(=O)Cc1ccccc1CNCc1ccc(OC(F)F)cc1.Cl. The molecular formula is C17H21ClF2N2O3S. The van der Waals surface area contributed by atoms with Crippen molar-refractivity contribution < 1.29 is 21.9 Å². The second-order valence-electron chi connectivity index (χ2n) is 5.36. The van der Waals surface area contributed by atoms with Crippen LogP contribution in [0.5, 0.6) is 5.75 Å². The number of rotatable bonds is 9. The van der Waals surface area contributed by atoms with Crippen LogP contribution in [0, 0.1) is 0 Å². The molecule has 0 saturated heterocycles. The number of benzene rings is 2. The molecule has 0 saturated carbocycles. The summed E-state index contributed by atoms with van der Waals surface area (Å²) < 4.78 is 54.3. The first kappa shape index (κ1) is 22.3. The highest BCUT2D eigenvalue weighted by molar-refractivity contribution is 7.88. The topological polar surface area (TPSA) is 67.4 Å². The Hall–Kier alpha value is -1.74. The van der Waals surface area contributed by atoms with E-state index in [2.05, 4.69) is 14.8 Å². The lowest BCUT2D eigenvalue weighted by Crippen LogP contribution is -2.22. The molecule has 26 heavy (non-hydrogen) atoms. The lowest BCUT2D eigenvalue weighted by Gasteiger charge is -2.11. The lowest BCUT2D eigenvalue weighted by molar-refractivity contribution is -0.0498. The van der Waals surface area contributed by atoms with Crippen LogP contribution in [-0.2, 0) is 28.9 Å². The molecule has 0 fully saturated rings. The van der Waals surface area contributed by atoms with Gasteiger partial charge < -0.3 is 10.1 Å². The number of hydrogen-bond acceptors (Lipinski definition) is 4. The summed E-state index contributed by atoms with van der Waals surface area (Å²) in [5.41, 5.74) is 2.52. The normalized spacial score (nSPS) is 11.2. The Balaban J connectivity index is 0.00000338. The molecule has 2 aromatic carbocycles. The maximum atomic E-state index is 12.1. The van der Waals surface area contributed by atoms with E-state index in [0.29, 0.717) is 13.1 Å². The van der Waals surface area contributed by atoms with Crippen LogP contribution in [-0.4, -0.2) is 22.1 Å². The summed E-state index contributed by atoms with van der Waals surface area (Å²) in [6.07, 6.45) is 0. The third-order valence-corrected chi connectivity index (χ3v) is 4.88. The summed E-state index contributed by atoms with van der Waals surface area (Å²) >= 11 is 0. The van der Waals surface area contributed by atoms with Crippen LogP contribution < -0.4 is 14.8 Å². The fourth-order valence-electron chi connectivity index (χ4n) is 2.28. The van der Waals surface area contributed by atoms with Crippen molar-refractivity contribution in [2.75, 3.05) is 7.05 Å². The Kier molecular flexibility index (Phi) is 8.94. The van der Waals surface area contributed by atoms with Crippen LogP contribution in [0.2, 0.25) is 0 Å². The zero-order valence-electron chi connectivity index (χ0n) is 14.1. The third kappa shape index (κ3) is 7.25. The molecule has 2 aromatic rings. The average molecular weight is 407 g/mol. The van der Waals surface area contributed by atoms with E-state index in [1.807, 2.05) is 12.1 Å². The predicted octanol–water partition coefficient (Wildman–Crippen LogP) is 3.05. The molecule has 0 unspecified atom stereocenters. The van der Waals surface area contributed by atoms with Gasteiger partial charge >= 0.3 is 6.61 Å². The summed E-state index contributed by atoms with van der Waals surface area (Å²) in [6, 6.07) is 13.7. The van der Waals surface area contributed by atoms with Gasteiger partial charge in [-0.2, -0.15) is 8.78 Å². The molecule has 0 aromatic heterocycles. The summed E-state index contributed by atoms with van der Waals surface area (Å²) in [5, 5.41) is 3.22. The van der Waals surface area contributed by atoms with E-state index in [9.17, 15) is 17.2 Å². The van der Waals surface area contributed by atoms with Crippen LogP contribution in [0.25, 0.3) is 0 Å². The van der Waals surface area contributed by atoms with Gasteiger partial charge in [0.15, 0.2) is 0 Å². The maximum Gasteiger partial charge on any atom is 0.387 e. The van der Waals surface area contributed by atoms with Crippen molar-refractivity contribution in [1.29, 1.82) is 0 Å². The van der Waals surface area contributed by atoms with E-state index in [0.717, 1.165) is 16.7 Å². The molecule has 0 spiro atoms. The summed E-state index contributed by atoms with van der Waals surface area (Å²) in [7, 11) is -1.95. The van der Waals surface area contributed by atoms with Gasteiger partial charge in [-0.3, -0.25) is 0 Å². The second-order valence-corrected chi connectivity index (χ2v) is 7.28. The van der Waals surface area contributed by atoms with Crippen molar-refractivity contribution >= 4 is 22.4 Å². The Bertz CT molecular complexity index is 787. The number of ether oxygens (including phenoxy) is 1. The fourth-order valence-corrected chi connectivity index (χ4v) is 3.11. The zero-order chi connectivity index (χ0) is 18.3. The Morgan fingerprint density at radius 1 is 1.00 bits per heavy atom. The van der Waals surface area contributed by atoms with Crippen molar-refractivity contribution in [2.24, 2.45) is 0 Å². The van der Waals surface area contributed by atoms with Crippen LogP contribution >= 0.6 is 12.4 Å². The van der Waals surface area contributed by atoms with Gasteiger partial charge in [-0.05, 0) is 35.9 Å². The smallest absolute Gasteiger partial charge is 0.387 e. The maximum absolute atomic E-state index is 12.1.